The third-order valence-corrected chi connectivity index (χ3v) is 4.78. The Morgan fingerprint density at radius 3 is 2.66 bits per heavy atom. The highest BCUT2D eigenvalue weighted by Crippen LogP contribution is 2.38. The van der Waals surface area contributed by atoms with Crippen molar-refractivity contribution in [2.45, 2.75) is 20.0 Å². The molecule has 0 aliphatic carbocycles. The van der Waals surface area contributed by atoms with Gasteiger partial charge >= 0.3 is 0 Å². The molecule has 1 amide bonds. The van der Waals surface area contributed by atoms with Crippen LogP contribution >= 0.6 is 0 Å². The number of hydrogen-bond acceptors (Lipinski definition) is 4. The monoisotopic (exact) mass is 389 g/mol. The van der Waals surface area contributed by atoms with Crippen LogP contribution in [0.1, 0.15) is 18.1 Å². The van der Waals surface area contributed by atoms with Crippen molar-refractivity contribution in [3.05, 3.63) is 77.9 Å². The van der Waals surface area contributed by atoms with Crippen molar-refractivity contribution >= 4 is 5.91 Å². The Kier molecular flexibility index (Phi) is 5.66. The molecule has 0 unspecified atom stereocenters. The third kappa shape index (κ3) is 4.69. The van der Waals surface area contributed by atoms with Gasteiger partial charge < -0.3 is 19.5 Å². The Hall–Kier alpha value is -3.47. The normalized spacial score (nSPS) is 11.9. The van der Waals surface area contributed by atoms with Gasteiger partial charge in [0.15, 0.2) is 11.5 Å². The van der Waals surface area contributed by atoms with Gasteiger partial charge in [-0.25, -0.2) is 0 Å². The number of nitrogens with one attached hydrogen (secondary N) is 1. The van der Waals surface area contributed by atoms with Crippen molar-refractivity contribution in [1.29, 1.82) is 0 Å². The predicted octanol–water partition coefficient (Wildman–Crippen LogP) is 4.34. The average molecular weight is 389 g/mol. The Bertz CT molecular complexity index is 1000. The van der Waals surface area contributed by atoms with Crippen molar-refractivity contribution in [1.82, 2.24) is 5.32 Å². The van der Waals surface area contributed by atoms with E-state index < -0.39 is 0 Å². The zero-order chi connectivity index (χ0) is 20.1. The molecule has 1 aliphatic rings. The number of ether oxygens (including phenoxy) is 3. The molecule has 0 saturated heterocycles. The molecule has 0 aromatic heterocycles. The van der Waals surface area contributed by atoms with Crippen LogP contribution in [-0.2, 0) is 17.8 Å². The highest BCUT2D eigenvalue weighted by Gasteiger charge is 2.16. The molecular weight excluding hydrogens is 366 g/mol. The minimum Gasteiger partial charge on any atom is -0.489 e. The van der Waals surface area contributed by atoms with E-state index in [2.05, 4.69) is 11.4 Å². The van der Waals surface area contributed by atoms with Gasteiger partial charge in [0.2, 0.25) is 12.7 Å². The lowest BCUT2D eigenvalue weighted by Gasteiger charge is -2.14. The molecule has 0 spiro atoms. The van der Waals surface area contributed by atoms with Crippen LogP contribution in [-0.4, -0.2) is 19.2 Å². The highest BCUT2D eigenvalue weighted by molar-refractivity contribution is 5.74. The van der Waals surface area contributed by atoms with Gasteiger partial charge in [-0.3, -0.25) is 4.79 Å². The second-order valence-corrected chi connectivity index (χ2v) is 6.89. The lowest BCUT2D eigenvalue weighted by molar-refractivity contribution is -0.118. The van der Waals surface area contributed by atoms with Crippen LogP contribution in [0.4, 0.5) is 0 Å². The zero-order valence-corrected chi connectivity index (χ0v) is 16.3. The van der Waals surface area contributed by atoms with Crippen molar-refractivity contribution < 1.29 is 19.0 Å². The summed E-state index contributed by atoms with van der Waals surface area (Å²) in [5, 5.41) is 2.86. The smallest absolute Gasteiger partial charge is 0.231 e. The van der Waals surface area contributed by atoms with E-state index in [9.17, 15) is 4.79 Å². The summed E-state index contributed by atoms with van der Waals surface area (Å²) in [5.74, 6) is 2.26. The topological polar surface area (TPSA) is 56.8 Å². The van der Waals surface area contributed by atoms with E-state index in [0.717, 1.165) is 45.9 Å². The van der Waals surface area contributed by atoms with E-state index in [0.29, 0.717) is 13.2 Å². The first kappa shape index (κ1) is 18.9. The number of benzene rings is 3. The summed E-state index contributed by atoms with van der Waals surface area (Å²) in [7, 11) is 0. The van der Waals surface area contributed by atoms with Crippen LogP contribution < -0.4 is 19.5 Å². The molecule has 4 rings (SSSR count). The number of amides is 1. The summed E-state index contributed by atoms with van der Waals surface area (Å²) in [6.45, 7) is 2.86. The average Bonchev–Trinajstić information content (AvgIpc) is 3.21. The molecule has 29 heavy (non-hydrogen) atoms. The van der Waals surface area contributed by atoms with Crippen LogP contribution in [0.5, 0.6) is 17.2 Å². The maximum atomic E-state index is 11.2. The fourth-order valence-electron chi connectivity index (χ4n) is 3.31. The molecule has 5 heteroatoms. The van der Waals surface area contributed by atoms with Crippen LogP contribution in [0.2, 0.25) is 0 Å². The predicted molar refractivity (Wildman–Crippen MR) is 111 cm³/mol. The van der Waals surface area contributed by atoms with Crippen molar-refractivity contribution in [3.8, 4) is 28.4 Å². The lowest BCUT2D eigenvalue weighted by atomic mass is 9.97. The minimum absolute atomic E-state index is 0.0301. The lowest BCUT2D eigenvalue weighted by Crippen LogP contribution is -2.22. The zero-order valence-electron chi connectivity index (χ0n) is 16.3. The van der Waals surface area contributed by atoms with Crippen LogP contribution in [0.15, 0.2) is 66.7 Å². The number of fused-ring (bicyclic) bond motifs is 1. The molecule has 3 aromatic carbocycles. The van der Waals surface area contributed by atoms with E-state index in [-0.39, 0.29) is 12.7 Å². The Labute approximate surface area is 170 Å². The number of rotatable bonds is 7. The van der Waals surface area contributed by atoms with Crippen molar-refractivity contribution in [2.75, 3.05) is 13.3 Å². The molecule has 0 saturated carbocycles. The number of carbonyl (C=O) groups is 1. The van der Waals surface area contributed by atoms with Crippen LogP contribution in [0.25, 0.3) is 11.1 Å². The molecule has 1 heterocycles. The number of carbonyl (C=O) groups excluding carboxylic acids is 1. The number of hydrogen-bond donors (Lipinski definition) is 1. The maximum absolute atomic E-state index is 11.2. The van der Waals surface area contributed by atoms with Gasteiger partial charge in [-0.05, 0) is 52.9 Å². The SMILES string of the molecule is CC(=O)NCCc1ccc(OCc2ccccc2)cc1-c1ccc2c(c1)OCO2. The molecule has 148 valence electrons. The fraction of sp³-hybridized carbons (Fsp3) is 0.208. The van der Waals surface area contributed by atoms with E-state index >= 15 is 0 Å². The molecule has 5 nitrogen and oxygen atoms in total. The second kappa shape index (κ2) is 8.69. The first-order valence-corrected chi connectivity index (χ1v) is 9.63. The summed E-state index contributed by atoms with van der Waals surface area (Å²) in [6.07, 6.45) is 0.725. The molecule has 1 aliphatic heterocycles. The molecule has 0 radical (unpaired) electrons. The molecule has 0 atom stereocenters. The first-order chi connectivity index (χ1) is 14.2. The summed E-state index contributed by atoms with van der Waals surface area (Å²) >= 11 is 0. The van der Waals surface area contributed by atoms with Crippen molar-refractivity contribution in [2.24, 2.45) is 0 Å². The Balaban J connectivity index is 1.60. The Morgan fingerprint density at radius 1 is 1.00 bits per heavy atom. The summed E-state index contributed by atoms with van der Waals surface area (Å²) < 4.78 is 17.0. The van der Waals surface area contributed by atoms with Gasteiger partial charge in [0.1, 0.15) is 12.4 Å². The summed E-state index contributed by atoms with van der Waals surface area (Å²) in [4.78, 5) is 11.2. The van der Waals surface area contributed by atoms with Gasteiger partial charge in [-0.2, -0.15) is 0 Å². The molecule has 1 N–H and O–H groups in total. The summed E-state index contributed by atoms with van der Waals surface area (Å²) in [6, 6.07) is 22.1. The molecule has 0 fully saturated rings. The standard InChI is InChI=1S/C24H23NO4/c1-17(26)25-12-11-19-7-9-21(27-15-18-5-3-2-4-6-18)14-22(19)20-8-10-23-24(13-20)29-16-28-23/h2-10,13-14H,11-12,15-16H2,1H3,(H,25,26). The quantitative estimate of drug-likeness (QED) is 0.653. The van der Waals surface area contributed by atoms with Crippen LogP contribution in [0, 0.1) is 0 Å². The van der Waals surface area contributed by atoms with Gasteiger partial charge in [0.25, 0.3) is 0 Å². The largest absolute Gasteiger partial charge is 0.489 e. The minimum atomic E-state index is -0.0301. The van der Waals surface area contributed by atoms with Gasteiger partial charge in [-0.15, -0.1) is 0 Å². The second-order valence-electron chi connectivity index (χ2n) is 6.89. The maximum Gasteiger partial charge on any atom is 0.231 e. The van der Waals surface area contributed by atoms with Gasteiger partial charge in [0.05, 0.1) is 0 Å². The molecule has 3 aromatic rings. The van der Waals surface area contributed by atoms with E-state index in [1.165, 1.54) is 6.92 Å². The third-order valence-electron chi connectivity index (χ3n) is 4.78. The van der Waals surface area contributed by atoms with Crippen LogP contribution in [0.3, 0.4) is 0 Å². The first-order valence-electron chi connectivity index (χ1n) is 9.63. The Morgan fingerprint density at radius 2 is 1.83 bits per heavy atom. The summed E-state index contributed by atoms with van der Waals surface area (Å²) in [5.41, 5.74) is 4.33. The van der Waals surface area contributed by atoms with E-state index in [4.69, 9.17) is 14.2 Å². The van der Waals surface area contributed by atoms with E-state index in [1.54, 1.807) is 0 Å². The fourth-order valence-corrected chi connectivity index (χ4v) is 3.31. The van der Waals surface area contributed by atoms with Crippen molar-refractivity contribution in [3.63, 3.8) is 0 Å². The van der Waals surface area contributed by atoms with Gasteiger partial charge in [0, 0.05) is 13.5 Å². The molecule has 0 bridgehead atoms. The molecular formula is C24H23NO4. The van der Waals surface area contributed by atoms with Gasteiger partial charge in [-0.1, -0.05) is 42.5 Å². The highest BCUT2D eigenvalue weighted by atomic mass is 16.7. The van der Waals surface area contributed by atoms with E-state index in [1.807, 2.05) is 60.7 Å².